The first-order chi connectivity index (χ1) is 13.0. The molecule has 0 aliphatic carbocycles. The van der Waals surface area contributed by atoms with E-state index in [-0.39, 0.29) is 28.0 Å². The summed E-state index contributed by atoms with van der Waals surface area (Å²) in [7, 11) is -7.32. The van der Waals surface area contributed by atoms with Gasteiger partial charge in [-0.2, -0.15) is 4.31 Å². The molecule has 0 bridgehead atoms. The normalized spacial score (nSPS) is 27.9. The topological polar surface area (TPSA) is 84.0 Å². The van der Waals surface area contributed by atoms with Crippen LogP contribution in [0.1, 0.15) is 26.7 Å². The smallest absolute Gasteiger partial charge is 0.244 e. The Balaban J connectivity index is 1.87. The zero-order valence-corrected chi connectivity index (χ0v) is 19.6. The lowest BCUT2D eigenvalue weighted by atomic mass is 10.1. The molecule has 0 N–H and O–H groups in total. The SMILES string of the molecule is C[C@@H]1CN(C[C@H]2CCCN2S(=O)(=O)c2cc(S(C)(=O)=O)ccc2Br)C[C@H](C)O1. The van der Waals surface area contributed by atoms with Crippen molar-refractivity contribution >= 4 is 35.8 Å². The van der Waals surface area contributed by atoms with Crippen molar-refractivity contribution in [3.63, 3.8) is 0 Å². The molecule has 0 amide bonds. The van der Waals surface area contributed by atoms with Gasteiger partial charge in [-0.05, 0) is 60.8 Å². The molecule has 7 nitrogen and oxygen atoms in total. The summed E-state index contributed by atoms with van der Waals surface area (Å²) in [5.74, 6) is 0. The van der Waals surface area contributed by atoms with Crippen LogP contribution in [0.4, 0.5) is 0 Å². The molecule has 0 spiro atoms. The monoisotopic (exact) mass is 494 g/mol. The quantitative estimate of drug-likeness (QED) is 0.623. The van der Waals surface area contributed by atoms with Gasteiger partial charge in [-0.15, -0.1) is 0 Å². The number of sulfone groups is 1. The molecule has 2 aliphatic rings. The third-order valence-electron chi connectivity index (χ3n) is 5.20. The lowest BCUT2D eigenvalue weighted by molar-refractivity contribution is -0.0707. The van der Waals surface area contributed by atoms with E-state index in [1.807, 2.05) is 13.8 Å². The number of morpholine rings is 1. The van der Waals surface area contributed by atoms with E-state index < -0.39 is 19.9 Å². The van der Waals surface area contributed by atoms with Gasteiger partial charge in [0, 0.05) is 42.9 Å². The van der Waals surface area contributed by atoms with Gasteiger partial charge in [-0.3, -0.25) is 4.90 Å². The second-order valence-electron chi connectivity index (χ2n) is 7.75. The highest BCUT2D eigenvalue weighted by Gasteiger charge is 2.38. The van der Waals surface area contributed by atoms with Crippen molar-refractivity contribution in [2.45, 2.75) is 54.7 Å². The van der Waals surface area contributed by atoms with Crippen LogP contribution in [0.25, 0.3) is 0 Å². The van der Waals surface area contributed by atoms with Crippen molar-refractivity contribution in [3.05, 3.63) is 22.7 Å². The summed E-state index contributed by atoms with van der Waals surface area (Å²) < 4.78 is 58.2. The second kappa shape index (κ2) is 8.31. The van der Waals surface area contributed by atoms with E-state index in [0.717, 1.165) is 32.2 Å². The predicted molar refractivity (Wildman–Crippen MR) is 111 cm³/mol. The van der Waals surface area contributed by atoms with Gasteiger partial charge in [-0.1, -0.05) is 0 Å². The summed E-state index contributed by atoms with van der Waals surface area (Å²) in [4.78, 5) is 2.27. The number of hydrogen-bond donors (Lipinski definition) is 0. The largest absolute Gasteiger partial charge is 0.373 e. The van der Waals surface area contributed by atoms with Crippen molar-refractivity contribution in [1.82, 2.24) is 9.21 Å². The molecule has 0 aromatic heterocycles. The lowest BCUT2D eigenvalue weighted by Gasteiger charge is -2.38. The molecule has 0 saturated carbocycles. The van der Waals surface area contributed by atoms with Gasteiger partial charge in [0.05, 0.1) is 22.0 Å². The van der Waals surface area contributed by atoms with E-state index in [9.17, 15) is 16.8 Å². The van der Waals surface area contributed by atoms with Crippen molar-refractivity contribution in [2.24, 2.45) is 0 Å². The summed E-state index contributed by atoms with van der Waals surface area (Å²) in [6.07, 6.45) is 2.91. The Morgan fingerprint density at radius 1 is 1.14 bits per heavy atom. The molecule has 0 unspecified atom stereocenters. The van der Waals surface area contributed by atoms with Crippen molar-refractivity contribution in [3.8, 4) is 0 Å². The Morgan fingerprint density at radius 3 is 2.39 bits per heavy atom. The van der Waals surface area contributed by atoms with Gasteiger partial charge in [0.2, 0.25) is 10.0 Å². The van der Waals surface area contributed by atoms with Crippen molar-refractivity contribution in [2.75, 3.05) is 32.4 Å². The van der Waals surface area contributed by atoms with Crippen LogP contribution in [0.5, 0.6) is 0 Å². The zero-order chi connectivity index (χ0) is 20.7. The van der Waals surface area contributed by atoms with E-state index in [0.29, 0.717) is 17.6 Å². The molecule has 2 fully saturated rings. The maximum Gasteiger partial charge on any atom is 0.244 e. The Hall–Kier alpha value is -0.520. The predicted octanol–water partition coefficient (Wildman–Crippen LogP) is 2.11. The first-order valence-corrected chi connectivity index (χ1v) is 13.5. The molecule has 2 aliphatic heterocycles. The fourth-order valence-electron chi connectivity index (χ4n) is 4.08. The van der Waals surface area contributed by atoms with Crippen LogP contribution in [-0.2, 0) is 24.6 Å². The summed E-state index contributed by atoms with van der Waals surface area (Å²) in [5.41, 5.74) is 0. The number of halogens is 1. The molecule has 3 atom stereocenters. The Morgan fingerprint density at radius 2 is 1.79 bits per heavy atom. The number of rotatable bonds is 5. The average molecular weight is 495 g/mol. The zero-order valence-electron chi connectivity index (χ0n) is 16.3. The van der Waals surface area contributed by atoms with Gasteiger partial charge in [0.15, 0.2) is 9.84 Å². The van der Waals surface area contributed by atoms with Crippen LogP contribution >= 0.6 is 15.9 Å². The van der Waals surface area contributed by atoms with Gasteiger partial charge < -0.3 is 4.74 Å². The standard InChI is InChI=1S/C18H27BrN2O5S2/c1-13-10-20(11-14(2)26-13)12-15-5-4-8-21(15)28(24,25)18-9-16(27(3,22)23)6-7-17(18)19/h6-7,9,13-15H,4-5,8,10-12H2,1-3H3/t13-,14+,15-/m1/s1. The van der Waals surface area contributed by atoms with Crippen LogP contribution in [-0.4, -0.2) is 76.7 Å². The third kappa shape index (κ3) is 4.79. The fourth-order valence-corrected chi connectivity index (χ4v) is 7.44. The highest BCUT2D eigenvalue weighted by atomic mass is 79.9. The molecule has 0 radical (unpaired) electrons. The molecular formula is C18H27BrN2O5S2. The number of ether oxygens (including phenoxy) is 1. The van der Waals surface area contributed by atoms with Crippen molar-refractivity contribution in [1.29, 1.82) is 0 Å². The van der Waals surface area contributed by atoms with E-state index in [1.54, 1.807) is 0 Å². The maximum absolute atomic E-state index is 13.4. The third-order valence-corrected chi connectivity index (χ3v) is 9.26. The van der Waals surface area contributed by atoms with Crippen molar-refractivity contribution < 1.29 is 21.6 Å². The van der Waals surface area contributed by atoms with Crippen LogP contribution in [0.15, 0.2) is 32.5 Å². The summed E-state index contributed by atoms with van der Waals surface area (Å²) in [6, 6.07) is 4.02. The molecule has 1 aromatic carbocycles. The maximum atomic E-state index is 13.4. The summed E-state index contributed by atoms with van der Waals surface area (Å²) in [6.45, 7) is 6.71. The first-order valence-electron chi connectivity index (χ1n) is 9.37. The van der Waals surface area contributed by atoms with Crippen LogP contribution in [0, 0.1) is 0 Å². The highest BCUT2D eigenvalue weighted by Crippen LogP contribution is 2.32. The highest BCUT2D eigenvalue weighted by molar-refractivity contribution is 9.10. The van der Waals surface area contributed by atoms with Gasteiger partial charge in [-0.25, -0.2) is 16.8 Å². The average Bonchev–Trinajstić information content (AvgIpc) is 3.02. The molecule has 2 heterocycles. The van der Waals surface area contributed by atoms with E-state index in [2.05, 4.69) is 20.8 Å². The Labute approximate surface area is 176 Å². The van der Waals surface area contributed by atoms with Gasteiger partial charge in [0.25, 0.3) is 0 Å². The van der Waals surface area contributed by atoms with Crippen LogP contribution < -0.4 is 0 Å². The van der Waals surface area contributed by atoms with E-state index in [1.165, 1.54) is 22.5 Å². The van der Waals surface area contributed by atoms with Gasteiger partial charge >= 0.3 is 0 Å². The Bertz CT molecular complexity index is 925. The summed E-state index contributed by atoms with van der Waals surface area (Å²) in [5, 5.41) is 0. The Kier molecular flexibility index (Phi) is 6.58. The van der Waals surface area contributed by atoms with E-state index in [4.69, 9.17) is 4.74 Å². The fraction of sp³-hybridized carbons (Fsp3) is 0.667. The molecule has 10 heteroatoms. The minimum absolute atomic E-state index is 0.000788. The van der Waals surface area contributed by atoms with Crippen LogP contribution in [0.2, 0.25) is 0 Å². The lowest BCUT2D eigenvalue weighted by Crippen LogP contribution is -2.50. The van der Waals surface area contributed by atoms with Gasteiger partial charge in [0.1, 0.15) is 0 Å². The molecule has 28 heavy (non-hydrogen) atoms. The number of hydrogen-bond acceptors (Lipinski definition) is 6. The number of benzene rings is 1. The first kappa shape index (κ1) is 22.2. The minimum atomic E-state index is -3.82. The molecule has 1 aromatic rings. The second-order valence-corrected chi connectivity index (χ2v) is 12.5. The number of sulfonamides is 1. The molecule has 2 saturated heterocycles. The molecule has 158 valence electrons. The van der Waals surface area contributed by atoms with Crippen LogP contribution in [0.3, 0.4) is 0 Å². The molecular weight excluding hydrogens is 468 g/mol. The summed E-state index contributed by atoms with van der Waals surface area (Å²) >= 11 is 3.29. The van der Waals surface area contributed by atoms with E-state index >= 15 is 0 Å². The minimum Gasteiger partial charge on any atom is -0.373 e. The number of nitrogens with zero attached hydrogens (tertiary/aromatic N) is 2. The molecule has 3 rings (SSSR count).